The van der Waals surface area contributed by atoms with Crippen molar-refractivity contribution >= 4 is 15.9 Å². The number of allylic oxidation sites excluding steroid dienone is 1. The van der Waals surface area contributed by atoms with E-state index in [0.29, 0.717) is 23.6 Å². The third-order valence-corrected chi connectivity index (χ3v) is 7.56. The molecule has 0 amide bonds. The van der Waals surface area contributed by atoms with Crippen molar-refractivity contribution in [3.63, 3.8) is 0 Å². The Morgan fingerprint density at radius 1 is 0.842 bits per heavy atom. The van der Waals surface area contributed by atoms with Crippen LogP contribution in [0.3, 0.4) is 0 Å². The molecule has 5 aromatic rings. The van der Waals surface area contributed by atoms with Crippen LogP contribution in [0.25, 0.3) is 23.0 Å². The van der Waals surface area contributed by atoms with Gasteiger partial charge >= 0.3 is 0 Å². The summed E-state index contributed by atoms with van der Waals surface area (Å²) in [6, 6.07) is 36.6. The summed E-state index contributed by atoms with van der Waals surface area (Å²) in [4.78, 5) is -0.301. The molecule has 1 heterocycles. The Labute approximate surface area is 221 Å². The molecule has 0 radical (unpaired) electrons. The highest BCUT2D eigenvalue weighted by Gasteiger charge is 2.22. The number of ether oxygens (including phenoxy) is 1. The van der Waals surface area contributed by atoms with E-state index in [9.17, 15) is 13.7 Å². The van der Waals surface area contributed by atoms with Gasteiger partial charge in [-0.3, -0.25) is 0 Å². The first-order chi connectivity index (χ1) is 18.5. The lowest BCUT2D eigenvalue weighted by Gasteiger charge is -2.07. The number of hydrogen-bond acceptors (Lipinski definition) is 5. The van der Waals surface area contributed by atoms with Crippen molar-refractivity contribution in [2.45, 2.75) is 11.5 Å². The van der Waals surface area contributed by atoms with Crippen molar-refractivity contribution in [2.24, 2.45) is 0 Å². The summed E-state index contributed by atoms with van der Waals surface area (Å²) in [5.74, 6) is 0.696. The van der Waals surface area contributed by atoms with Gasteiger partial charge < -0.3 is 4.74 Å². The van der Waals surface area contributed by atoms with Crippen LogP contribution in [0.5, 0.6) is 5.75 Å². The SMILES string of the molecule is N#CC(=Cc1cn(-c2ccccc2)nc1-c1ccc(OCc2ccccc2)cc1)S(=O)(=O)c1ccccc1. The summed E-state index contributed by atoms with van der Waals surface area (Å²) in [6.07, 6.45) is 3.10. The van der Waals surface area contributed by atoms with E-state index in [4.69, 9.17) is 9.84 Å². The van der Waals surface area contributed by atoms with Crippen LogP contribution in [0, 0.1) is 11.3 Å². The zero-order valence-electron chi connectivity index (χ0n) is 20.3. The largest absolute Gasteiger partial charge is 0.489 e. The Bertz CT molecular complexity index is 1700. The van der Waals surface area contributed by atoms with Crippen molar-refractivity contribution in [1.29, 1.82) is 5.26 Å². The number of nitriles is 1. The Hall–Kier alpha value is -4.93. The lowest BCUT2D eigenvalue weighted by atomic mass is 10.1. The van der Waals surface area contributed by atoms with Crippen LogP contribution in [0.15, 0.2) is 131 Å². The highest BCUT2D eigenvalue weighted by molar-refractivity contribution is 7.95. The monoisotopic (exact) mass is 517 g/mol. The van der Waals surface area contributed by atoms with Gasteiger partial charge in [0, 0.05) is 17.3 Å². The van der Waals surface area contributed by atoms with Crippen molar-refractivity contribution in [3.8, 4) is 28.8 Å². The third kappa shape index (κ3) is 5.41. The van der Waals surface area contributed by atoms with Crippen molar-refractivity contribution in [2.75, 3.05) is 0 Å². The van der Waals surface area contributed by atoms with Gasteiger partial charge in [0.15, 0.2) is 0 Å². The highest BCUT2D eigenvalue weighted by Crippen LogP contribution is 2.29. The van der Waals surface area contributed by atoms with Crippen molar-refractivity contribution in [3.05, 3.63) is 137 Å². The molecule has 0 saturated heterocycles. The Morgan fingerprint density at radius 3 is 2.08 bits per heavy atom. The number of hydrogen-bond donors (Lipinski definition) is 0. The molecule has 0 atom stereocenters. The van der Waals surface area contributed by atoms with Crippen LogP contribution in [0.4, 0.5) is 0 Å². The molecule has 0 aliphatic carbocycles. The molecule has 7 heteroatoms. The van der Waals surface area contributed by atoms with Crippen LogP contribution in [0.1, 0.15) is 11.1 Å². The van der Waals surface area contributed by atoms with Gasteiger partial charge in [-0.2, -0.15) is 10.4 Å². The standard InChI is InChI=1S/C31H23N3O3S/c32-21-30(38(35,36)29-14-8-3-9-15-29)20-26-22-34(27-12-6-2-7-13-27)33-31(26)25-16-18-28(19-17-25)37-23-24-10-4-1-5-11-24/h1-20,22H,23H2. The molecule has 0 unspecified atom stereocenters. The molecule has 186 valence electrons. The summed E-state index contributed by atoms with van der Waals surface area (Å²) in [7, 11) is -4.00. The fourth-order valence-corrected chi connectivity index (χ4v) is 5.09. The molecule has 4 aromatic carbocycles. The maximum Gasteiger partial charge on any atom is 0.216 e. The van der Waals surface area contributed by atoms with Gasteiger partial charge in [-0.05, 0) is 60.2 Å². The van der Waals surface area contributed by atoms with Crippen LogP contribution >= 0.6 is 0 Å². The van der Waals surface area contributed by atoms with Gasteiger partial charge in [0.25, 0.3) is 0 Å². The first kappa shape index (κ1) is 24.8. The minimum absolute atomic E-state index is 0.0599. The number of aromatic nitrogens is 2. The van der Waals surface area contributed by atoms with E-state index in [1.165, 1.54) is 18.2 Å². The van der Waals surface area contributed by atoms with E-state index in [0.717, 1.165) is 16.8 Å². The second-order valence-electron chi connectivity index (χ2n) is 8.45. The maximum atomic E-state index is 13.2. The summed E-state index contributed by atoms with van der Waals surface area (Å²) in [5.41, 5.74) is 3.67. The third-order valence-electron chi connectivity index (χ3n) is 5.88. The lowest BCUT2D eigenvalue weighted by molar-refractivity contribution is 0.306. The zero-order valence-corrected chi connectivity index (χ0v) is 21.1. The minimum atomic E-state index is -4.00. The van der Waals surface area contributed by atoms with Crippen LogP contribution in [0.2, 0.25) is 0 Å². The molecule has 0 fully saturated rings. The molecule has 1 aromatic heterocycles. The number of sulfone groups is 1. The van der Waals surface area contributed by atoms with E-state index in [-0.39, 0.29) is 9.80 Å². The molecular formula is C31H23N3O3S. The first-order valence-corrected chi connectivity index (χ1v) is 13.4. The molecule has 0 aliphatic rings. The van der Waals surface area contributed by atoms with E-state index in [2.05, 4.69) is 0 Å². The Balaban J connectivity index is 1.52. The van der Waals surface area contributed by atoms with Crippen molar-refractivity contribution in [1.82, 2.24) is 9.78 Å². The van der Waals surface area contributed by atoms with Crippen molar-refractivity contribution < 1.29 is 13.2 Å². The highest BCUT2D eigenvalue weighted by atomic mass is 32.2. The minimum Gasteiger partial charge on any atom is -0.489 e. The maximum absolute atomic E-state index is 13.2. The Kier molecular flexibility index (Phi) is 7.16. The molecule has 0 bridgehead atoms. The Morgan fingerprint density at radius 2 is 1.45 bits per heavy atom. The molecular weight excluding hydrogens is 494 g/mol. The average Bonchev–Trinajstić information content (AvgIpc) is 3.40. The van der Waals surface area contributed by atoms with Crippen LogP contribution < -0.4 is 4.74 Å². The predicted octanol–water partition coefficient (Wildman–Crippen LogP) is 6.46. The van der Waals surface area contributed by atoms with Gasteiger partial charge in [-0.25, -0.2) is 13.1 Å². The average molecular weight is 518 g/mol. The summed E-state index contributed by atoms with van der Waals surface area (Å²) >= 11 is 0. The summed E-state index contributed by atoms with van der Waals surface area (Å²) < 4.78 is 34.0. The lowest BCUT2D eigenvalue weighted by Crippen LogP contribution is -2.03. The van der Waals surface area contributed by atoms with Gasteiger partial charge in [0.2, 0.25) is 9.84 Å². The van der Waals surface area contributed by atoms with Crippen LogP contribution in [-0.2, 0) is 16.4 Å². The van der Waals surface area contributed by atoms with E-state index in [1.807, 2.05) is 91.0 Å². The van der Waals surface area contributed by atoms with Gasteiger partial charge in [-0.1, -0.05) is 66.7 Å². The second kappa shape index (κ2) is 11.0. The molecule has 6 nitrogen and oxygen atoms in total. The smallest absolute Gasteiger partial charge is 0.216 e. The fraction of sp³-hybridized carbons (Fsp3) is 0.0323. The molecule has 0 N–H and O–H groups in total. The van der Waals surface area contributed by atoms with Gasteiger partial charge in [-0.15, -0.1) is 0 Å². The van der Waals surface area contributed by atoms with Gasteiger partial charge in [0.1, 0.15) is 29.0 Å². The molecule has 0 aliphatic heterocycles. The van der Waals surface area contributed by atoms with E-state index in [1.54, 1.807) is 29.1 Å². The van der Waals surface area contributed by atoms with Crippen LogP contribution in [-0.4, -0.2) is 18.2 Å². The topological polar surface area (TPSA) is 85.0 Å². The van der Waals surface area contributed by atoms with E-state index < -0.39 is 9.84 Å². The first-order valence-electron chi connectivity index (χ1n) is 11.9. The second-order valence-corrected chi connectivity index (χ2v) is 10.4. The normalized spacial score (nSPS) is 11.6. The number of rotatable bonds is 8. The molecule has 0 spiro atoms. The number of para-hydroxylation sites is 1. The molecule has 0 saturated carbocycles. The van der Waals surface area contributed by atoms with Gasteiger partial charge in [0.05, 0.1) is 10.6 Å². The number of benzene rings is 4. The molecule has 38 heavy (non-hydrogen) atoms. The fourth-order valence-electron chi connectivity index (χ4n) is 3.92. The quantitative estimate of drug-likeness (QED) is 0.221. The van der Waals surface area contributed by atoms with E-state index >= 15 is 0 Å². The summed E-state index contributed by atoms with van der Waals surface area (Å²) in [6.45, 7) is 0.444. The summed E-state index contributed by atoms with van der Waals surface area (Å²) in [5, 5.41) is 14.6. The number of nitrogens with zero attached hydrogens (tertiary/aromatic N) is 3. The predicted molar refractivity (Wildman–Crippen MR) is 147 cm³/mol. The molecule has 5 rings (SSSR count). The zero-order chi connectivity index (χ0) is 26.4.